The van der Waals surface area contributed by atoms with Crippen molar-refractivity contribution in [2.45, 2.75) is 0 Å². The van der Waals surface area contributed by atoms with E-state index in [0.717, 1.165) is 0 Å². The summed E-state index contributed by atoms with van der Waals surface area (Å²) in [7, 11) is 0. The van der Waals surface area contributed by atoms with E-state index in [9.17, 15) is 4.79 Å². The van der Waals surface area contributed by atoms with E-state index in [2.05, 4.69) is 15.0 Å². The van der Waals surface area contributed by atoms with E-state index in [1.54, 1.807) is 24.3 Å². The third-order valence-corrected chi connectivity index (χ3v) is 2.97. The number of aromatic amines is 1. The Hall–Kier alpha value is -2.31. The molecule has 3 rings (SSSR count). The number of hydrogen-bond acceptors (Lipinski definition) is 5. The molecule has 0 spiro atoms. The van der Waals surface area contributed by atoms with Crippen molar-refractivity contribution < 1.29 is 4.74 Å². The highest BCUT2D eigenvalue weighted by molar-refractivity contribution is 6.33. The van der Waals surface area contributed by atoms with Crippen LogP contribution in [0.4, 0.5) is 5.69 Å². The number of H-pyrrole nitrogens is 1. The monoisotopic (exact) mass is 324 g/mol. The fourth-order valence-corrected chi connectivity index (χ4v) is 1.88. The molecular weight excluding hydrogens is 315 g/mol. The summed E-state index contributed by atoms with van der Waals surface area (Å²) in [4.78, 5) is 21.8. The topological polar surface area (TPSA) is 93.9 Å². The van der Waals surface area contributed by atoms with E-state index < -0.39 is 0 Å². The Morgan fingerprint density at radius 1 is 1.24 bits per heavy atom. The minimum Gasteiger partial charge on any atom is -0.455 e. The number of nitrogens with two attached hydrogens (primary N) is 1. The molecule has 0 amide bonds. The van der Waals surface area contributed by atoms with Gasteiger partial charge in [0, 0.05) is 18.3 Å². The summed E-state index contributed by atoms with van der Waals surface area (Å²) in [5.74, 6) is 0.983. The van der Waals surface area contributed by atoms with Crippen molar-refractivity contribution in [1.82, 2.24) is 15.0 Å². The molecular formula is C13H10Cl2N4O2. The van der Waals surface area contributed by atoms with Crippen LogP contribution in [0.5, 0.6) is 11.5 Å². The van der Waals surface area contributed by atoms with Crippen molar-refractivity contribution in [3.05, 3.63) is 52.0 Å². The first kappa shape index (κ1) is 15.1. The van der Waals surface area contributed by atoms with Crippen molar-refractivity contribution in [2.75, 3.05) is 5.73 Å². The van der Waals surface area contributed by atoms with Crippen LogP contribution in [-0.4, -0.2) is 15.0 Å². The molecule has 0 unspecified atom stereocenters. The number of nitrogens with one attached hydrogen (secondary N) is 1. The van der Waals surface area contributed by atoms with Gasteiger partial charge >= 0.3 is 0 Å². The summed E-state index contributed by atoms with van der Waals surface area (Å²) in [5.41, 5.74) is 6.61. The fraction of sp³-hybridized carbons (Fsp3) is 0. The lowest BCUT2D eigenvalue weighted by Crippen LogP contribution is -2.06. The summed E-state index contributed by atoms with van der Waals surface area (Å²) in [6.45, 7) is 0. The molecule has 6 nitrogen and oxygen atoms in total. The molecule has 0 saturated heterocycles. The minimum atomic E-state index is -0.322. The van der Waals surface area contributed by atoms with Gasteiger partial charge in [0.25, 0.3) is 5.56 Å². The van der Waals surface area contributed by atoms with E-state index >= 15 is 0 Å². The number of nitrogens with zero attached hydrogens (tertiary/aromatic N) is 2. The summed E-state index contributed by atoms with van der Waals surface area (Å²) in [5, 5.41) is 0.405. The van der Waals surface area contributed by atoms with E-state index in [-0.39, 0.29) is 18.0 Å². The molecule has 0 aliphatic rings. The smallest absolute Gasteiger partial charge is 0.268 e. The van der Waals surface area contributed by atoms with Crippen LogP contribution >= 0.6 is 24.0 Å². The van der Waals surface area contributed by atoms with Gasteiger partial charge in [-0.2, -0.15) is 0 Å². The normalized spacial score (nSPS) is 10.1. The predicted octanol–water partition coefficient (Wildman–Crippen LogP) is 2.77. The van der Waals surface area contributed by atoms with Gasteiger partial charge in [0.05, 0.1) is 16.9 Å². The second kappa shape index (κ2) is 5.99. The van der Waals surface area contributed by atoms with Crippen LogP contribution in [0, 0.1) is 0 Å². The van der Waals surface area contributed by atoms with Crippen molar-refractivity contribution in [2.24, 2.45) is 0 Å². The molecule has 1 aromatic carbocycles. The van der Waals surface area contributed by atoms with Crippen LogP contribution in [0.3, 0.4) is 0 Å². The number of pyridine rings is 1. The fourth-order valence-electron chi connectivity index (χ4n) is 1.71. The highest BCUT2D eigenvalue weighted by Gasteiger charge is 2.07. The second-order valence-corrected chi connectivity index (χ2v) is 4.45. The highest BCUT2D eigenvalue weighted by Crippen LogP contribution is 2.30. The number of aromatic nitrogens is 3. The average molecular weight is 325 g/mol. The van der Waals surface area contributed by atoms with Gasteiger partial charge in [0.15, 0.2) is 11.4 Å². The molecule has 108 valence electrons. The molecule has 0 aliphatic heterocycles. The first-order valence-electron chi connectivity index (χ1n) is 5.70. The quantitative estimate of drug-likeness (QED) is 0.707. The molecule has 2 aromatic heterocycles. The Morgan fingerprint density at radius 3 is 2.81 bits per heavy atom. The van der Waals surface area contributed by atoms with Crippen molar-refractivity contribution in [1.29, 1.82) is 0 Å². The largest absolute Gasteiger partial charge is 0.455 e. The third kappa shape index (κ3) is 3.07. The Labute approximate surface area is 130 Å². The summed E-state index contributed by atoms with van der Waals surface area (Å²) in [6.07, 6.45) is 2.70. The molecule has 3 N–H and O–H groups in total. The van der Waals surface area contributed by atoms with Gasteiger partial charge in [-0.3, -0.25) is 4.79 Å². The van der Waals surface area contributed by atoms with Crippen LogP contribution < -0.4 is 16.0 Å². The number of rotatable bonds is 2. The number of nitrogen functional groups attached to an aromatic ring is 1. The SMILES string of the molecule is Cl.Nc1ccc(Oc2ccnc3[nH]c(=O)cnc23)cc1Cl. The zero-order valence-corrected chi connectivity index (χ0v) is 12.1. The van der Waals surface area contributed by atoms with Crippen LogP contribution in [0.25, 0.3) is 11.2 Å². The summed E-state index contributed by atoms with van der Waals surface area (Å²) < 4.78 is 5.70. The number of ether oxygens (including phenoxy) is 1. The lowest BCUT2D eigenvalue weighted by atomic mass is 10.3. The zero-order chi connectivity index (χ0) is 14.1. The second-order valence-electron chi connectivity index (χ2n) is 4.04. The Bertz CT molecular complexity index is 851. The lowest BCUT2D eigenvalue weighted by molar-refractivity contribution is 0.486. The maximum absolute atomic E-state index is 11.2. The molecule has 21 heavy (non-hydrogen) atoms. The van der Waals surface area contributed by atoms with E-state index in [1.165, 1.54) is 12.4 Å². The molecule has 0 aliphatic carbocycles. The Morgan fingerprint density at radius 2 is 2.05 bits per heavy atom. The van der Waals surface area contributed by atoms with Gasteiger partial charge in [-0.15, -0.1) is 12.4 Å². The Kier molecular flexibility index (Phi) is 4.30. The van der Waals surface area contributed by atoms with E-state index in [0.29, 0.717) is 33.4 Å². The average Bonchev–Trinajstić information content (AvgIpc) is 2.43. The molecule has 3 aromatic rings. The van der Waals surface area contributed by atoms with Gasteiger partial charge in [0.2, 0.25) is 0 Å². The molecule has 8 heteroatoms. The van der Waals surface area contributed by atoms with E-state index in [1.807, 2.05) is 0 Å². The third-order valence-electron chi connectivity index (χ3n) is 2.64. The summed E-state index contributed by atoms with van der Waals surface area (Å²) >= 11 is 5.94. The summed E-state index contributed by atoms with van der Waals surface area (Å²) in [6, 6.07) is 6.60. The van der Waals surface area contributed by atoms with Gasteiger partial charge in [-0.1, -0.05) is 11.6 Å². The molecule has 2 heterocycles. The minimum absolute atomic E-state index is 0. The number of halogens is 2. The molecule has 0 atom stereocenters. The first-order valence-corrected chi connectivity index (χ1v) is 6.08. The highest BCUT2D eigenvalue weighted by atomic mass is 35.5. The first-order chi connectivity index (χ1) is 9.63. The maximum atomic E-state index is 11.2. The maximum Gasteiger partial charge on any atom is 0.268 e. The molecule has 0 saturated carbocycles. The predicted molar refractivity (Wildman–Crippen MR) is 83.3 cm³/mol. The van der Waals surface area contributed by atoms with Crippen molar-refractivity contribution in [3.63, 3.8) is 0 Å². The molecule has 0 fully saturated rings. The lowest BCUT2D eigenvalue weighted by Gasteiger charge is -2.08. The zero-order valence-electron chi connectivity index (χ0n) is 10.5. The van der Waals surface area contributed by atoms with Gasteiger partial charge in [-0.25, -0.2) is 9.97 Å². The van der Waals surface area contributed by atoms with Crippen LogP contribution in [-0.2, 0) is 0 Å². The van der Waals surface area contributed by atoms with Crippen molar-refractivity contribution >= 4 is 40.9 Å². The molecule has 0 radical (unpaired) electrons. The van der Waals surface area contributed by atoms with Crippen LogP contribution in [0.1, 0.15) is 0 Å². The standard InChI is InChI=1S/C13H9ClN4O2.ClH/c14-8-5-7(1-2-9(8)15)20-10-3-4-16-13-12(10)17-6-11(19)18-13;/h1-6H,15H2,(H,16,18,19);1H. The van der Waals surface area contributed by atoms with Gasteiger partial charge < -0.3 is 15.5 Å². The van der Waals surface area contributed by atoms with E-state index in [4.69, 9.17) is 22.1 Å². The van der Waals surface area contributed by atoms with Crippen molar-refractivity contribution in [3.8, 4) is 11.5 Å². The number of fused-ring (bicyclic) bond motifs is 1. The van der Waals surface area contributed by atoms with Crippen LogP contribution in [0.2, 0.25) is 5.02 Å². The number of benzene rings is 1. The van der Waals surface area contributed by atoms with Gasteiger partial charge in [0.1, 0.15) is 11.3 Å². The van der Waals surface area contributed by atoms with Crippen LogP contribution in [0.15, 0.2) is 41.5 Å². The van der Waals surface area contributed by atoms with Gasteiger partial charge in [-0.05, 0) is 12.1 Å². The Balaban J connectivity index is 0.00000161. The molecule has 0 bridgehead atoms. The number of hydrogen-bond donors (Lipinski definition) is 2. The number of anilines is 1.